The van der Waals surface area contributed by atoms with Gasteiger partial charge in [0.1, 0.15) is 65.2 Å². The number of hydrogen-bond donors (Lipinski definition) is 10. The number of fused-ring (bicyclic) bond motifs is 1. The minimum Gasteiger partial charge on any atom is -0.507 e. The van der Waals surface area contributed by atoms with Crippen LogP contribution in [0.2, 0.25) is 0 Å². The summed E-state index contributed by atoms with van der Waals surface area (Å²) in [6.45, 7) is 0.650. The van der Waals surface area contributed by atoms with Gasteiger partial charge in [-0.25, -0.2) is 0 Å². The van der Waals surface area contributed by atoms with Crippen molar-refractivity contribution in [1.82, 2.24) is 0 Å². The molecular weight excluding hydrogens is 580 g/mol. The van der Waals surface area contributed by atoms with Crippen molar-refractivity contribution in [2.75, 3.05) is 6.61 Å². The summed E-state index contributed by atoms with van der Waals surface area (Å²) in [6, 6.07) is 5.43. The molecule has 2 saturated heterocycles. The summed E-state index contributed by atoms with van der Waals surface area (Å²) < 4.78 is 27.8. The molecule has 0 saturated carbocycles. The third-order valence-electron chi connectivity index (χ3n) is 7.29. The Morgan fingerprint density at radius 2 is 1.40 bits per heavy atom. The van der Waals surface area contributed by atoms with Gasteiger partial charge >= 0.3 is 0 Å². The number of aliphatic hydroxyl groups is 7. The number of hydrogen-bond acceptors (Lipinski definition) is 16. The quantitative estimate of drug-likeness (QED) is 0.135. The second-order valence-electron chi connectivity index (χ2n) is 10.2. The molecule has 0 spiro atoms. The fraction of sp³-hybridized carbons (Fsp3) is 0.444. The van der Waals surface area contributed by atoms with E-state index in [-0.39, 0.29) is 16.9 Å². The van der Waals surface area contributed by atoms with Crippen LogP contribution in [0.25, 0.3) is 22.3 Å². The second-order valence-corrected chi connectivity index (χ2v) is 10.2. The first-order valence-electron chi connectivity index (χ1n) is 13.0. The number of benzene rings is 2. The van der Waals surface area contributed by atoms with Crippen molar-refractivity contribution in [2.45, 2.75) is 68.3 Å². The van der Waals surface area contributed by atoms with Gasteiger partial charge in [0.25, 0.3) is 0 Å². The summed E-state index contributed by atoms with van der Waals surface area (Å²) in [5.74, 6) is -3.14. The van der Waals surface area contributed by atoms with Crippen molar-refractivity contribution in [3.63, 3.8) is 0 Å². The van der Waals surface area contributed by atoms with Gasteiger partial charge in [-0.1, -0.05) is 0 Å². The monoisotopic (exact) mass is 610 g/mol. The van der Waals surface area contributed by atoms with Gasteiger partial charge in [-0.3, -0.25) is 4.79 Å². The van der Waals surface area contributed by atoms with Gasteiger partial charge in [-0.05, 0) is 25.1 Å². The number of rotatable bonds is 6. The lowest BCUT2D eigenvalue weighted by atomic mass is 9.99. The zero-order valence-corrected chi connectivity index (χ0v) is 22.3. The van der Waals surface area contributed by atoms with E-state index >= 15 is 0 Å². The minimum atomic E-state index is -1.92. The molecule has 2 aliphatic heterocycles. The van der Waals surface area contributed by atoms with Gasteiger partial charge in [0.2, 0.25) is 23.8 Å². The van der Waals surface area contributed by atoms with E-state index < -0.39 is 108 Å². The molecule has 1 aromatic heterocycles. The van der Waals surface area contributed by atoms with E-state index in [9.17, 15) is 55.9 Å². The van der Waals surface area contributed by atoms with E-state index in [0.717, 1.165) is 24.3 Å². The summed E-state index contributed by atoms with van der Waals surface area (Å²) >= 11 is 0. The molecule has 0 bridgehead atoms. The molecule has 2 aliphatic rings. The molecule has 234 valence electrons. The largest absolute Gasteiger partial charge is 0.507 e. The number of ether oxygens (including phenoxy) is 4. The SMILES string of the molecule is C[C@@H]1O[C@H](Oc2cc(O)c3c(=O)c(O[C@@H]4O[C@H](CO)[C@H](O)[C@@H](O)[C@H]4O)c(-c4ccc(O)c(O)c4)oc3c2)[C@H](O)[C@H](O)[C@H]1O. The predicted octanol–water partition coefficient (Wildman–Crippen LogP) is -2.04. The van der Waals surface area contributed by atoms with Crippen molar-refractivity contribution >= 4 is 11.0 Å². The van der Waals surface area contributed by atoms with Crippen LogP contribution >= 0.6 is 0 Å². The maximum atomic E-state index is 13.7. The molecule has 0 radical (unpaired) electrons. The zero-order chi connectivity index (χ0) is 31.3. The number of phenols is 3. The van der Waals surface area contributed by atoms with Gasteiger partial charge < -0.3 is 74.4 Å². The highest BCUT2D eigenvalue weighted by atomic mass is 16.7. The van der Waals surface area contributed by atoms with Crippen LogP contribution in [0.3, 0.4) is 0 Å². The van der Waals surface area contributed by atoms with Crippen molar-refractivity contribution in [3.05, 3.63) is 40.6 Å². The van der Waals surface area contributed by atoms with Crippen molar-refractivity contribution in [2.24, 2.45) is 0 Å². The van der Waals surface area contributed by atoms with Crippen LogP contribution in [0, 0.1) is 0 Å². The Balaban J connectivity index is 1.61. The first-order valence-corrected chi connectivity index (χ1v) is 13.0. The molecule has 0 unspecified atom stereocenters. The van der Waals surface area contributed by atoms with Crippen molar-refractivity contribution in [1.29, 1.82) is 0 Å². The number of phenolic OH excluding ortho intramolecular Hbond substituents is 3. The van der Waals surface area contributed by atoms with Gasteiger partial charge in [0.15, 0.2) is 17.3 Å². The molecule has 0 amide bonds. The molecule has 3 heterocycles. The lowest BCUT2D eigenvalue weighted by molar-refractivity contribution is -0.277. The van der Waals surface area contributed by atoms with E-state index in [4.69, 9.17) is 23.4 Å². The number of aliphatic hydroxyl groups excluding tert-OH is 7. The van der Waals surface area contributed by atoms with E-state index in [1.54, 1.807) is 0 Å². The smallest absolute Gasteiger partial charge is 0.239 e. The lowest BCUT2D eigenvalue weighted by Crippen LogP contribution is -2.60. The summed E-state index contributed by atoms with van der Waals surface area (Å²) in [5, 5.41) is 101. The zero-order valence-electron chi connectivity index (χ0n) is 22.3. The van der Waals surface area contributed by atoms with Crippen molar-refractivity contribution in [3.8, 4) is 40.1 Å². The topological polar surface area (TPSA) is 269 Å². The first-order chi connectivity index (χ1) is 20.3. The standard InChI is InChI=1S/C27H30O16/c1-8-17(32)20(35)22(37)26(39-8)40-10-5-13(31)16-14(6-10)41-24(9-2-3-11(29)12(30)4-9)25(19(16)34)43-27-23(38)21(36)18(33)15(7-28)42-27/h2-6,8,15,17-18,20-23,26-33,35-38H,7H2,1H3/t8-,15+,17-,18-,20+,21+,22+,23+,26+,27-/m0/s1. The highest BCUT2D eigenvalue weighted by molar-refractivity contribution is 5.88. The molecule has 0 aliphatic carbocycles. The van der Waals surface area contributed by atoms with E-state index in [1.165, 1.54) is 13.0 Å². The Bertz CT molecular complexity index is 1540. The highest BCUT2D eigenvalue weighted by Gasteiger charge is 2.46. The molecule has 16 nitrogen and oxygen atoms in total. The molecule has 2 fully saturated rings. The Morgan fingerprint density at radius 3 is 2.05 bits per heavy atom. The first kappa shape index (κ1) is 30.7. The van der Waals surface area contributed by atoms with E-state index in [1.807, 2.05) is 0 Å². The maximum absolute atomic E-state index is 13.7. The van der Waals surface area contributed by atoms with Crippen LogP contribution in [0.4, 0.5) is 0 Å². The summed E-state index contributed by atoms with van der Waals surface area (Å²) in [6.07, 6.45) is -15.9. The molecule has 3 aromatic rings. The van der Waals surface area contributed by atoms with Gasteiger partial charge in [0.05, 0.1) is 12.7 Å². The highest BCUT2D eigenvalue weighted by Crippen LogP contribution is 2.40. The van der Waals surface area contributed by atoms with Crippen LogP contribution in [-0.4, -0.2) is 119 Å². The second kappa shape index (κ2) is 11.8. The third-order valence-corrected chi connectivity index (χ3v) is 7.29. The van der Waals surface area contributed by atoms with E-state index in [0.29, 0.717) is 0 Å². The van der Waals surface area contributed by atoms with Gasteiger partial charge in [-0.15, -0.1) is 0 Å². The van der Waals surface area contributed by atoms with Crippen LogP contribution < -0.4 is 14.9 Å². The van der Waals surface area contributed by atoms with E-state index in [2.05, 4.69) is 0 Å². The third kappa shape index (κ3) is 5.55. The molecule has 5 rings (SSSR count). The molecule has 10 N–H and O–H groups in total. The molecule has 10 atom stereocenters. The van der Waals surface area contributed by atoms with Crippen LogP contribution in [0.15, 0.2) is 39.5 Å². The lowest BCUT2D eigenvalue weighted by Gasteiger charge is -2.39. The summed E-state index contributed by atoms with van der Waals surface area (Å²) in [7, 11) is 0. The van der Waals surface area contributed by atoms with Crippen LogP contribution in [0.1, 0.15) is 6.92 Å². The summed E-state index contributed by atoms with van der Waals surface area (Å²) in [5.41, 5.74) is -1.40. The van der Waals surface area contributed by atoms with Crippen LogP contribution in [0.5, 0.6) is 28.7 Å². The maximum Gasteiger partial charge on any atom is 0.239 e. The Labute approximate surface area is 241 Å². The average Bonchev–Trinajstić information content (AvgIpc) is 2.97. The Hall–Kier alpha value is -3.71. The minimum absolute atomic E-state index is 0.0447. The fourth-order valence-electron chi connectivity index (χ4n) is 4.81. The normalized spacial score (nSPS) is 32.9. The Morgan fingerprint density at radius 1 is 0.744 bits per heavy atom. The average molecular weight is 611 g/mol. The van der Waals surface area contributed by atoms with Gasteiger partial charge in [0, 0.05) is 17.7 Å². The number of aromatic hydroxyl groups is 3. The molecule has 16 heteroatoms. The fourth-order valence-corrected chi connectivity index (χ4v) is 4.81. The van der Waals surface area contributed by atoms with Crippen molar-refractivity contribution < 1.29 is 74.4 Å². The molecule has 43 heavy (non-hydrogen) atoms. The Kier molecular flexibility index (Phi) is 8.41. The molecular formula is C27H30O16. The summed E-state index contributed by atoms with van der Waals surface area (Å²) in [4.78, 5) is 13.7. The van der Waals surface area contributed by atoms with Gasteiger partial charge in [-0.2, -0.15) is 0 Å². The molecule has 2 aromatic carbocycles. The predicted molar refractivity (Wildman–Crippen MR) is 140 cm³/mol. The van der Waals surface area contributed by atoms with Crippen LogP contribution in [-0.2, 0) is 9.47 Å².